The summed E-state index contributed by atoms with van der Waals surface area (Å²) in [6.07, 6.45) is 7.37. The van der Waals surface area contributed by atoms with Crippen LogP contribution < -0.4 is 4.31 Å². The third-order valence-electron chi connectivity index (χ3n) is 4.18. The largest absolute Gasteiger partial charge is 0.266 e. The van der Waals surface area contributed by atoms with E-state index in [4.69, 9.17) is 0 Å². The zero-order chi connectivity index (χ0) is 19.1. The molecule has 2 aromatic carbocycles. The molecule has 0 atom stereocenters. The van der Waals surface area contributed by atoms with Crippen molar-refractivity contribution in [2.45, 2.75) is 13.5 Å². The molecule has 0 aliphatic heterocycles. The number of rotatable bonds is 7. The summed E-state index contributed by atoms with van der Waals surface area (Å²) in [5.74, 6) is 0.0390. The van der Waals surface area contributed by atoms with Gasteiger partial charge in [-0.2, -0.15) is 0 Å². The first-order valence-electron chi connectivity index (χ1n) is 8.81. The topological polar surface area (TPSA) is 50.3 Å². The van der Waals surface area contributed by atoms with Gasteiger partial charge in [0.25, 0.3) is 0 Å². The van der Waals surface area contributed by atoms with Gasteiger partial charge >= 0.3 is 0 Å². The number of nitrogens with zero attached hydrogens (tertiary/aromatic N) is 2. The van der Waals surface area contributed by atoms with Crippen LogP contribution in [0.5, 0.6) is 0 Å². The number of anilines is 1. The third kappa shape index (κ3) is 5.05. The molecule has 0 spiro atoms. The van der Waals surface area contributed by atoms with Crippen LogP contribution in [0.4, 0.5) is 5.69 Å². The molecule has 27 heavy (non-hydrogen) atoms. The van der Waals surface area contributed by atoms with Crippen molar-refractivity contribution in [2.24, 2.45) is 0 Å². The number of hydrogen-bond acceptors (Lipinski definition) is 3. The summed E-state index contributed by atoms with van der Waals surface area (Å²) in [4.78, 5) is 4.09. The molecule has 138 valence electrons. The van der Waals surface area contributed by atoms with Crippen molar-refractivity contribution >= 4 is 27.9 Å². The van der Waals surface area contributed by atoms with Gasteiger partial charge in [-0.15, -0.1) is 0 Å². The summed E-state index contributed by atoms with van der Waals surface area (Å²) in [6, 6.07) is 21.2. The Labute approximate surface area is 160 Å². The predicted molar refractivity (Wildman–Crippen MR) is 112 cm³/mol. The Kier molecular flexibility index (Phi) is 6.04. The molecule has 0 unspecified atom stereocenters. The smallest absolute Gasteiger partial charge is 0.235 e. The standard InChI is InChI=1S/C22H22N2O2S/c1-2-27(25,26)24(18-21-11-7-15-23-17-21)22-12-6-10-20(16-22)14-13-19-8-4-3-5-9-19/h3-17H,2,18H2,1H3. The third-order valence-corrected chi connectivity index (χ3v) is 5.92. The second-order valence-electron chi connectivity index (χ2n) is 6.11. The quantitative estimate of drug-likeness (QED) is 0.564. The van der Waals surface area contributed by atoms with Crippen molar-refractivity contribution in [1.82, 2.24) is 4.98 Å². The molecule has 1 heterocycles. The van der Waals surface area contributed by atoms with Crippen LogP contribution in [0.2, 0.25) is 0 Å². The summed E-state index contributed by atoms with van der Waals surface area (Å²) < 4.78 is 26.8. The van der Waals surface area contributed by atoms with E-state index in [2.05, 4.69) is 4.98 Å². The van der Waals surface area contributed by atoms with E-state index in [1.54, 1.807) is 19.3 Å². The molecule has 1 aromatic heterocycles. The van der Waals surface area contributed by atoms with Gasteiger partial charge in [-0.3, -0.25) is 9.29 Å². The van der Waals surface area contributed by atoms with E-state index in [9.17, 15) is 8.42 Å². The number of aromatic nitrogens is 1. The fourth-order valence-corrected chi connectivity index (χ4v) is 3.80. The van der Waals surface area contributed by atoms with Gasteiger partial charge in [-0.05, 0) is 41.8 Å². The summed E-state index contributed by atoms with van der Waals surface area (Å²) >= 11 is 0. The Morgan fingerprint density at radius 1 is 0.926 bits per heavy atom. The second-order valence-corrected chi connectivity index (χ2v) is 8.29. The number of hydrogen-bond donors (Lipinski definition) is 0. The Bertz CT molecular complexity index is 1000. The Morgan fingerprint density at radius 2 is 1.67 bits per heavy atom. The Hall–Kier alpha value is -2.92. The molecule has 0 N–H and O–H groups in total. The number of sulfonamides is 1. The molecule has 5 heteroatoms. The van der Waals surface area contributed by atoms with E-state index in [-0.39, 0.29) is 12.3 Å². The lowest BCUT2D eigenvalue weighted by molar-refractivity contribution is 0.591. The second kappa shape index (κ2) is 8.64. The van der Waals surface area contributed by atoms with Crippen LogP contribution >= 0.6 is 0 Å². The molecule has 0 saturated heterocycles. The van der Waals surface area contributed by atoms with Gasteiger partial charge in [0, 0.05) is 12.4 Å². The predicted octanol–water partition coefficient (Wildman–Crippen LogP) is 4.61. The zero-order valence-corrected chi connectivity index (χ0v) is 16.0. The fourth-order valence-electron chi connectivity index (χ4n) is 2.70. The Morgan fingerprint density at radius 3 is 2.37 bits per heavy atom. The van der Waals surface area contributed by atoms with Gasteiger partial charge in [0.15, 0.2) is 0 Å². The minimum atomic E-state index is -3.41. The monoisotopic (exact) mass is 378 g/mol. The SMILES string of the molecule is CCS(=O)(=O)N(Cc1cccnc1)c1cccc(C=Cc2ccccc2)c1. The summed E-state index contributed by atoms with van der Waals surface area (Å²) in [6.45, 7) is 1.92. The lowest BCUT2D eigenvalue weighted by Gasteiger charge is -2.24. The first-order valence-corrected chi connectivity index (χ1v) is 10.4. The summed E-state index contributed by atoms with van der Waals surface area (Å²) in [7, 11) is -3.41. The van der Waals surface area contributed by atoms with Crippen molar-refractivity contribution in [1.29, 1.82) is 0 Å². The maximum atomic E-state index is 12.7. The van der Waals surface area contributed by atoms with Crippen molar-refractivity contribution in [3.05, 3.63) is 95.8 Å². The molecule has 0 bridgehead atoms. The maximum absolute atomic E-state index is 12.7. The summed E-state index contributed by atoms with van der Waals surface area (Å²) in [5, 5.41) is 0. The highest BCUT2D eigenvalue weighted by Gasteiger charge is 2.21. The molecule has 0 aliphatic rings. The molecular formula is C22H22N2O2S. The highest BCUT2D eigenvalue weighted by atomic mass is 32.2. The highest BCUT2D eigenvalue weighted by Crippen LogP contribution is 2.23. The van der Waals surface area contributed by atoms with Gasteiger partial charge in [0.05, 0.1) is 18.0 Å². The van der Waals surface area contributed by atoms with Crippen molar-refractivity contribution in [3.8, 4) is 0 Å². The molecule has 0 amide bonds. The van der Waals surface area contributed by atoms with Gasteiger partial charge in [-0.1, -0.05) is 60.7 Å². The molecule has 3 rings (SSSR count). The van der Waals surface area contributed by atoms with Crippen LogP contribution in [0.1, 0.15) is 23.6 Å². The van der Waals surface area contributed by atoms with E-state index in [0.29, 0.717) is 5.69 Å². The van der Waals surface area contributed by atoms with Gasteiger partial charge in [-0.25, -0.2) is 8.42 Å². The minimum absolute atomic E-state index is 0.0390. The van der Waals surface area contributed by atoms with E-state index in [0.717, 1.165) is 16.7 Å². The lowest BCUT2D eigenvalue weighted by Crippen LogP contribution is -2.31. The van der Waals surface area contributed by atoms with Gasteiger partial charge in [0.2, 0.25) is 10.0 Å². The van der Waals surface area contributed by atoms with Crippen molar-refractivity contribution < 1.29 is 8.42 Å². The van der Waals surface area contributed by atoms with Crippen LogP contribution in [0.3, 0.4) is 0 Å². The Balaban J connectivity index is 1.92. The van der Waals surface area contributed by atoms with Crippen LogP contribution in [-0.4, -0.2) is 19.2 Å². The fraction of sp³-hybridized carbons (Fsp3) is 0.136. The van der Waals surface area contributed by atoms with Gasteiger partial charge < -0.3 is 0 Å². The molecule has 0 aliphatic carbocycles. The average Bonchev–Trinajstić information content (AvgIpc) is 2.72. The molecule has 3 aromatic rings. The zero-order valence-electron chi connectivity index (χ0n) is 15.2. The van der Waals surface area contributed by atoms with E-state index in [1.165, 1.54) is 4.31 Å². The number of pyridine rings is 1. The van der Waals surface area contributed by atoms with E-state index < -0.39 is 10.0 Å². The molecule has 0 saturated carbocycles. The summed E-state index contributed by atoms with van der Waals surface area (Å²) in [5.41, 5.74) is 3.53. The number of benzene rings is 2. The van der Waals surface area contributed by atoms with Crippen molar-refractivity contribution in [3.63, 3.8) is 0 Å². The molecule has 0 radical (unpaired) electrons. The van der Waals surface area contributed by atoms with E-state index >= 15 is 0 Å². The first-order chi connectivity index (χ1) is 13.1. The molecule has 4 nitrogen and oxygen atoms in total. The van der Waals surface area contributed by atoms with Crippen LogP contribution in [0, 0.1) is 0 Å². The van der Waals surface area contributed by atoms with E-state index in [1.807, 2.05) is 78.9 Å². The van der Waals surface area contributed by atoms with Crippen LogP contribution in [-0.2, 0) is 16.6 Å². The van der Waals surface area contributed by atoms with Crippen LogP contribution in [0.15, 0.2) is 79.1 Å². The normalized spacial score (nSPS) is 11.6. The molecular weight excluding hydrogens is 356 g/mol. The maximum Gasteiger partial charge on any atom is 0.235 e. The van der Waals surface area contributed by atoms with Crippen LogP contribution in [0.25, 0.3) is 12.2 Å². The first kappa shape index (κ1) is 18.9. The molecule has 0 fully saturated rings. The minimum Gasteiger partial charge on any atom is -0.266 e. The average molecular weight is 378 g/mol. The highest BCUT2D eigenvalue weighted by molar-refractivity contribution is 7.92. The van der Waals surface area contributed by atoms with Gasteiger partial charge in [0.1, 0.15) is 0 Å². The van der Waals surface area contributed by atoms with Crippen molar-refractivity contribution in [2.75, 3.05) is 10.1 Å². The lowest BCUT2D eigenvalue weighted by atomic mass is 10.1.